The molecule has 0 aromatic carbocycles. The van der Waals surface area contributed by atoms with E-state index in [1.165, 1.54) is 0 Å². The van der Waals surface area contributed by atoms with Gasteiger partial charge in [-0.2, -0.15) is 0 Å². The first-order chi connectivity index (χ1) is 5.86. The molecule has 0 atom stereocenters. The molecule has 0 fully saturated rings. The molecule has 3 heteroatoms. The number of nitrogens with two attached hydrogens (primary N) is 1. The SMILES string of the molecule is C=C(CN(C(C)C)C(C)C)C(N)=O. The van der Waals surface area contributed by atoms with Gasteiger partial charge in [0, 0.05) is 24.2 Å². The van der Waals surface area contributed by atoms with Crippen LogP contribution < -0.4 is 5.73 Å². The molecule has 0 aromatic heterocycles. The lowest BCUT2D eigenvalue weighted by Gasteiger charge is -2.30. The van der Waals surface area contributed by atoms with Crippen LogP contribution in [-0.2, 0) is 4.79 Å². The number of nitrogens with zero attached hydrogens (tertiary/aromatic N) is 1. The Hall–Kier alpha value is -0.830. The highest BCUT2D eigenvalue weighted by Gasteiger charge is 2.15. The Labute approximate surface area is 80.6 Å². The Bertz CT molecular complexity index is 189. The molecule has 1 amide bonds. The van der Waals surface area contributed by atoms with Crippen LogP contribution >= 0.6 is 0 Å². The maximum Gasteiger partial charge on any atom is 0.245 e. The first-order valence-electron chi connectivity index (χ1n) is 4.59. The molecule has 0 aromatic rings. The van der Waals surface area contributed by atoms with Crippen molar-refractivity contribution in [2.45, 2.75) is 39.8 Å². The van der Waals surface area contributed by atoms with Crippen molar-refractivity contribution in [2.24, 2.45) is 5.73 Å². The number of hydrogen-bond acceptors (Lipinski definition) is 2. The highest BCUT2D eigenvalue weighted by atomic mass is 16.1. The van der Waals surface area contributed by atoms with Crippen LogP contribution in [0.1, 0.15) is 27.7 Å². The van der Waals surface area contributed by atoms with Gasteiger partial charge in [0.25, 0.3) is 0 Å². The lowest BCUT2D eigenvalue weighted by molar-refractivity contribution is -0.114. The van der Waals surface area contributed by atoms with Gasteiger partial charge >= 0.3 is 0 Å². The standard InChI is InChI=1S/C10H20N2O/c1-7(2)12(8(3)4)6-9(5)10(11)13/h7-8H,5-6H2,1-4H3,(H2,11,13). The second-order valence-electron chi connectivity index (χ2n) is 3.83. The summed E-state index contributed by atoms with van der Waals surface area (Å²) in [4.78, 5) is 12.9. The number of primary amides is 1. The molecule has 13 heavy (non-hydrogen) atoms. The van der Waals surface area contributed by atoms with E-state index >= 15 is 0 Å². The monoisotopic (exact) mass is 184 g/mol. The molecule has 0 saturated heterocycles. The third-order valence-electron chi connectivity index (χ3n) is 2.05. The van der Waals surface area contributed by atoms with Crippen LogP contribution in [0.15, 0.2) is 12.2 Å². The zero-order valence-electron chi connectivity index (χ0n) is 9.00. The van der Waals surface area contributed by atoms with Crippen LogP contribution in [0.4, 0.5) is 0 Å². The van der Waals surface area contributed by atoms with Crippen molar-refractivity contribution in [3.63, 3.8) is 0 Å². The molecule has 0 saturated carbocycles. The fraction of sp³-hybridized carbons (Fsp3) is 0.700. The molecule has 0 unspecified atom stereocenters. The maximum atomic E-state index is 10.8. The van der Waals surface area contributed by atoms with Gasteiger partial charge in [0.1, 0.15) is 0 Å². The van der Waals surface area contributed by atoms with Crippen molar-refractivity contribution in [2.75, 3.05) is 6.54 Å². The second kappa shape index (κ2) is 5.02. The molecular weight excluding hydrogens is 164 g/mol. The zero-order chi connectivity index (χ0) is 10.6. The molecule has 2 N–H and O–H groups in total. The van der Waals surface area contributed by atoms with Gasteiger partial charge in [-0.25, -0.2) is 0 Å². The van der Waals surface area contributed by atoms with E-state index < -0.39 is 5.91 Å². The largest absolute Gasteiger partial charge is 0.366 e. The van der Waals surface area contributed by atoms with E-state index in [0.29, 0.717) is 24.2 Å². The summed E-state index contributed by atoms with van der Waals surface area (Å²) in [7, 11) is 0. The summed E-state index contributed by atoms with van der Waals surface area (Å²) in [6.45, 7) is 12.6. The number of carbonyl (C=O) groups excluding carboxylic acids is 1. The molecule has 0 aliphatic heterocycles. The number of amides is 1. The van der Waals surface area contributed by atoms with Gasteiger partial charge < -0.3 is 5.73 Å². The number of hydrogen-bond donors (Lipinski definition) is 1. The summed E-state index contributed by atoms with van der Waals surface area (Å²) in [6, 6.07) is 0.798. The van der Waals surface area contributed by atoms with E-state index in [1.54, 1.807) is 0 Å². The Morgan fingerprint density at radius 3 is 1.92 bits per heavy atom. The van der Waals surface area contributed by atoms with Crippen LogP contribution in [0.5, 0.6) is 0 Å². The minimum Gasteiger partial charge on any atom is -0.366 e. The molecule has 0 aliphatic rings. The Balaban J connectivity index is 4.27. The first kappa shape index (κ1) is 12.2. The van der Waals surface area contributed by atoms with Crippen molar-refractivity contribution in [1.29, 1.82) is 0 Å². The van der Waals surface area contributed by atoms with E-state index in [4.69, 9.17) is 5.73 Å². The average molecular weight is 184 g/mol. The van der Waals surface area contributed by atoms with Gasteiger partial charge in [0.05, 0.1) is 0 Å². The minimum absolute atomic E-state index is 0.399. The van der Waals surface area contributed by atoms with Crippen molar-refractivity contribution in [3.8, 4) is 0 Å². The van der Waals surface area contributed by atoms with Crippen LogP contribution in [0.25, 0.3) is 0 Å². The minimum atomic E-state index is -0.411. The zero-order valence-corrected chi connectivity index (χ0v) is 9.00. The smallest absolute Gasteiger partial charge is 0.245 e. The average Bonchev–Trinajstić information content (AvgIpc) is 1.97. The highest BCUT2D eigenvalue weighted by Crippen LogP contribution is 2.07. The summed E-state index contributed by atoms with van der Waals surface area (Å²) in [6.07, 6.45) is 0. The third-order valence-corrected chi connectivity index (χ3v) is 2.05. The van der Waals surface area contributed by atoms with Crippen molar-refractivity contribution >= 4 is 5.91 Å². The molecule has 0 bridgehead atoms. The van der Waals surface area contributed by atoms with Crippen molar-refractivity contribution in [3.05, 3.63) is 12.2 Å². The Kier molecular flexibility index (Phi) is 4.70. The lowest BCUT2D eigenvalue weighted by Crippen LogP contribution is -2.40. The van der Waals surface area contributed by atoms with E-state index in [9.17, 15) is 4.79 Å². The molecule has 0 radical (unpaired) electrons. The van der Waals surface area contributed by atoms with Gasteiger partial charge in [-0.15, -0.1) is 0 Å². The third kappa shape index (κ3) is 4.08. The summed E-state index contributed by atoms with van der Waals surface area (Å²) >= 11 is 0. The topological polar surface area (TPSA) is 46.3 Å². The van der Waals surface area contributed by atoms with E-state index in [-0.39, 0.29) is 0 Å². The predicted molar refractivity (Wildman–Crippen MR) is 55.3 cm³/mol. The second-order valence-corrected chi connectivity index (χ2v) is 3.83. The van der Waals surface area contributed by atoms with Gasteiger partial charge in [0.2, 0.25) is 5.91 Å². The summed E-state index contributed by atoms with van der Waals surface area (Å²) in [5.41, 5.74) is 5.59. The molecule has 0 rings (SSSR count). The van der Waals surface area contributed by atoms with E-state index in [1.807, 2.05) is 0 Å². The van der Waals surface area contributed by atoms with Crippen molar-refractivity contribution in [1.82, 2.24) is 4.90 Å². The lowest BCUT2D eigenvalue weighted by atomic mass is 10.2. The molecule has 0 heterocycles. The molecule has 0 aliphatic carbocycles. The van der Waals surface area contributed by atoms with Crippen LogP contribution in [0, 0.1) is 0 Å². The summed E-state index contributed by atoms with van der Waals surface area (Å²) < 4.78 is 0. The van der Waals surface area contributed by atoms with Gasteiger partial charge in [-0.05, 0) is 27.7 Å². The molecule has 3 nitrogen and oxygen atoms in total. The molecular formula is C10H20N2O. The number of rotatable bonds is 5. The number of carbonyl (C=O) groups is 1. The van der Waals surface area contributed by atoms with E-state index in [2.05, 4.69) is 39.2 Å². The fourth-order valence-electron chi connectivity index (χ4n) is 1.26. The predicted octanol–water partition coefficient (Wildman–Crippen LogP) is 1.15. The van der Waals surface area contributed by atoms with Gasteiger partial charge in [-0.1, -0.05) is 6.58 Å². The molecule has 76 valence electrons. The van der Waals surface area contributed by atoms with Crippen LogP contribution in [0.2, 0.25) is 0 Å². The van der Waals surface area contributed by atoms with Gasteiger partial charge in [0.15, 0.2) is 0 Å². The quantitative estimate of drug-likeness (QED) is 0.651. The van der Waals surface area contributed by atoms with Crippen molar-refractivity contribution < 1.29 is 4.79 Å². The van der Waals surface area contributed by atoms with Crippen LogP contribution in [-0.4, -0.2) is 29.4 Å². The highest BCUT2D eigenvalue weighted by molar-refractivity contribution is 5.91. The van der Waals surface area contributed by atoms with Crippen LogP contribution in [0.3, 0.4) is 0 Å². The van der Waals surface area contributed by atoms with E-state index in [0.717, 1.165) is 0 Å². The normalized spacial score (nSPS) is 11.3. The summed E-state index contributed by atoms with van der Waals surface area (Å²) in [5.74, 6) is -0.411. The Morgan fingerprint density at radius 2 is 1.69 bits per heavy atom. The Morgan fingerprint density at radius 1 is 1.31 bits per heavy atom. The maximum absolute atomic E-state index is 10.8. The first-order valence-corrected chi connectivity index (χ1v) is 4.59. The summed E-state index contributed by atoms with van der Waals surface area (Å²) in [5, 5.41) is 0. The molecule has 0 spiro atoms. The fourth-order valence-corrected chi connectivity index (χ4v) is 1.26. The van der Waals surface area contributed by atoms with Gasteiger partial charge in [-0.3, -0.25) is 9.69 Å².